The molecule has 0 bridgehead atoms. The Hall–Kier alpha value is -0.630. The summed E-state index contributed by atoms with van der Waals surface area (Å²) >= 11 is 1.48. The maximum atomic E-state index is 12.6. The molecule has 0 unspecified atom stereocenters. The van der Waals surface area contributed by atoms with Crippen molar-refractivity contribution < 1.29 is 4.79 Å². The van der Waals surface area contributed by atoms with Crippen molar-refractivity contribution in [1.29, 1.82) is 0 Å². The van der Waals surface area contributed by atoms with Gasteiger partial charge in [0, 0.05) is 50.6 Å². The van der Waals surface area contributed by atoms with E-state index in [-0.39, 0.29) is 24.8 Å². The molecule has 0 aromatic carbocycles. The zero-order valence-electron chi connectivity index (χ0n) is 15.5. The van der Waals surface area contributed by atoms with Gasteiger partial charge in [0.2, 0.25) is 11.0 Å². The normalized spacial score (nSPS) is 18.7. The number of carbonyl (C=O) groups is 1. The van der Waals surface area contributed by atoms with Gasteiger partial charge in [0.15, 0.2) is 0 Å². The third-order valence-electron chi connectivity index (χ3n) is 5.12. The Morgan fingerprint density at radius 3 is 2.65 bits per heavy atom. The summed E-state index contributed by atoms with van der Waals surface area (Å²) < 4.78 is 4.38. The summed E-state index contributed by atoms with van der Waals surface area (Å²) in [7, 11) is 0. The summed E-state index contributed by atoms with van der Waals surface area (Å²) in [6.07, 6.45) is 6.10. The molecule has 1 amide bonds. The van der Waals surface area contributed by atoms with Crippen LogP contribution >= 0.6 is 36.3 Å². The first kappa shape index (κ1) is 23.4. The van der Waals surface area contributed by atoms with E-state index in [2.05, 4.69) is 31.4 Å². The van der Waals surface area contributed by atoms with Gasteiger partial charge in [-0.3, -0.25) is 4.79 Å². The zero-order chi connectivity index (χ0) is 16.8. The number of carbonyl (C=O) groups excluding carboxylic acids is 1. The summed E-state index contributed by atoms with van der Waals surface area (Å²) in [5, 5.41) is 4.40. The molecule has 2 fully saturated rings. The molecular formula is C17H31Cl2N5OS. The summed E-state index contributed by atoms with van der Waals surface area (Å²) in [6, 6.07) is 0. The van der Waals surface area contributed by atoms with E-state index in [4.69, 9.17) is 0 Å². The Labute approximate surface area is 173 Å². The number of piperidine rings is 1. The van der Waals surface area contributed by atoms with Gasteiger partial charge >= 0.3 is 0 Å². The van der Waals surface area contributed by atoms with Gasteiger partial charge in [-0.15, -0.1) is 24.8 Å². The third-order valence-corrected chi connectivity index (χ3v) is 5.93. The average Bonchev–Trinajstić information content (AvgIpc) is 2.97. The SMILES string of the molecule is CCc1nsc(N2CCCN(C(=O)CCC3CCNCC3)CC2)n1.Cl.Cl. The van der Waals surface area contributed by atoms with Gasteiger partial charge in [0.1, 0.15) is 5.82 Å². The molecule has 1 N–H and O–H groups in total. The Morgan fingerprint density at radius 2 is 1.96 bits per heavy atom. The van der Waals surface area contributed by atoms with E-state index in [9.17, 15) is 4.79 Å². The summed E-state index contributed by atoms with van der Waals surface area (Å²) in [5.74, 6) is 1.99. The van der Waals surface area contributed by atoms with Crippen LogP contribution in [0.4, 0.5) is 5.13 Å². The van der Waals surface area contributed by atoms with Crippen molar-refractivity contribution in [1.82, 2.24) is 19.6 Å². The van der Waals surface area contributed by atoms with E-state index < -0.39 is 0 Å². The van der Waals surface area contributed by atoms with Gasteiger partial charge in [-0.2, -0.15) is 4.37 Å². The molecule has 150 valence electrons. The van der Waals surface area contributed by atoms with Crippen LogP contribution in [0, 0.1) is 5.92 Å². The van der Waals surface area contributed by atoms with Crippen LogP contribution in [0.2, 0.25) is 0 Å². The quantitative estimate of drug-likeness (QED) is 0.788. The highest BCUT2D eigenvalue weighted by molar-refractivity contribution is 7.09. The number of aromatic nitrogens is 2. The number of amides is 1. The molecule has 1 aromatic heterocycles. The van der Waals surface area contributed by atoms with E-state index in [0.29, 0.717) is 12.3 Å². The second-order valence-electron chi connectivity index (χ2n) is 6.80. The van der Waals surface area contributed by atoms with Crippen LogP contribution in [0.25, 0.3) is 0 Å². The van der Waals surface area contributed by atoms with Crippen molar-refractivity contribution in [3.05, 3.63) is 5.82 Å². The van der Waals surface area contributed by atoms with Crippen LogP contribution in [0.1, 0.15) is 44.9 Å². The number of nitrogens with one attached hydrogen (secondary N) is 1. The highest BCUT2D eigenvalue weighted by atomic mass is 35.5. The largest absolute Gasteiger partial charge is 0.345 e. The average molecular weight is 424 g/mol. The monoisotopic (exact) mass is 423 g/mol. The molecule has 3 rings (SSSR count). The minimum atomic E-state index is 0. The van der Waals surface area contributed by atoms with Crippen LogP contribution in [0.5, 0.6) is 0 Å². The molecule has 0 radical (unpaired) electrons. The summed E-state index contributed by atoms with van der Waals surface area (Å²) in [4.78, 5) is 21.5. The van der Waals surface area contributed by atoms with Gasteiger partial charge in [0.25, 0.3) is 0 Å². The molecule has 0 atom stereocenters. The van der Waals surface area contributed by atoms with Crippen LogP contribution in [0.15, 0.2) is 0 Å². The third kappa shape index (κ3) is 6.51. The molecule has 26 heavy (non-hydrogen) atoms. The molecule has 3 heterocycles. The standard InChI is InChI=1S/C17H29N5OS.2ClH/c1-2-15-19-17(24-20-15)22-11-3-10-21(12-13-22)16(23)5-4-14-6-8-18-9-7-14;;/h14,18H,2-13H2,1H3;2*1H. The minimum absolute atomic E-state index is 0. The predicted molar refractivity (Wildman–Crippen MR) is 112 cm³/mol. The van der Waals surface area contributed by atoms with Gasteiger partial charge in [-0.1, -0.05) is 6.92 Å². The first-order valence-corrected chi connectivity index (χ1v) is 10.1. The molecule has 2 saturated heterocycles. The van der Waals surface area contributed by atoms with E-state index in [1.807, 2.05) is 0 Å². The van der Waals surface area contributed by atoms with E-state index in [1.54, 1.807) is 0 Å². The molecule has 9 heteroatoms. The molecule has 1 aromatic rings. The maximum Gasteiger partial charge on any atom is 0.222 e. The zero-order valence-corrected chi connectivity index (χ0v) is 17.9. The van der Waals surface area contributed by atoms with Gasteiger partial charge in [-0.25, -0.2) is 4.98 Å². The van der Waals surface area contributed by atoms with Crippen LogP contribution in [0.3, 0.4) is 0 Å². The lowest BCUT2D eigenvalue weighted by molar-refractivity contribution is -0.131. The smallest absolute Gasteiger partial charge is 0.222 e. The fourth-order valence-corrected chi connectivity index (χ4v) is 4.33. The lowest BCUT2D eigenvalue weighted by Crippen LogP contribution is -2.35. The van der Waals surface area contributed by atoms with Gasteiger partial charge in [-0.05, 0) is 44.7 Å². The molecule has 0 saturated carbocycles. The minimum Gasteiger partial charge on any atom is -0.345 e. The van der Waals surface area contributed by atoms with Crippen molar-refractivity contribution in [3.63, 3.8) is 0 Å². The fraction of sp³-hybridized carbons (Fsp3) is 0.824. The molecular weight excluding hydrogens is 393 g/mol. The van der Waals surface area contributed by atoms with Gasteiger partial charge < -0.3 is 15.1 Å². The highest BCUT2D eigenvalue weighted by Crippen LogP contribution is 2.21. The van der Waals surface area contributed by atoms with Crippen molar-refractivity contribution in [3.8, 4) is 0 Å². The van der Waals surface area contributed by atoms with Gasteiger partial charge in [0.05, 0.1) is 0 Å². The lowest BCUT2D eigenvalue weighted by Gasteiger charge is -2.25. The molecule has 0 aliphatic carbocycles. The molecule has 2 aliphatic heterocycles. The maximum absolute atomic E-state index is 12.6. The number of anilines is 1. The number of hydrogen-bond acceptors (Lipinski definition) is 6. The van der Waals surface area contributed by atoms with Crippen molar-refractivity contribution in [2.24, 2.45) is 5.92 Å². The summed E-state index contributed by atoms with van der Waals surface area (Å²) in [5.41, 5.74) is 0. The fourth-order valence-electron chi connectivity index (χ4n) is 3.53. The topological polar surface area (TPSA) is 61.4 Å². The second-order valence-corrected chi connectivity index (χ2v) is 7.53. The first-order chi connectivity index (χ1) is 11.8. The predicted octanol–water partition coefficient (Wildman–Crippen LogP) is 2.76. The van der Waals surface area contributed by atoms with Crippen LogP contribution in [-0.4, -0.2) is 59.4 Å². The van der Waals surface area contributed by atoms with E-state index in [0.717, 1.165) is 75.4 Å². The Morgan fingerprint density at radius 1 is 1.19 bits per heavy atom. The van der Waals surface area contributed by atoms with Crippen molar-refractivity contribution in [2.75, 3.05) is 44.2 Å². The number of halogens is 2. The lowest BCUT2D eigenvalue weighted by atomic mass is 9.93. The number of nitrogens with zero attached hydrogens (tertiary/aromatic N) is 4. The Balaban J connectivity index is 0.00000169. The van der Waals surface area contributed by atoms with Crippen molar-refractivity contribution >= 4 is 47.4 Å². The van der Waals surface area contributed by atoms with Crippen LogP contribution in [-0.2, 0) is 11.2 Å². The Bertz CT molecular complexity index is 539. The molecule has 6 nitrogen and oxygen atoms in total. The highest BCUT2D eigenvalue weighted by Gasteiger charge is 2.22. The number of aryl methyl sites for hydroxylation is 1. The Kier molecular flexibility index (Phi) is 10.8. The second kappa shape index (κ2) is 12.0. The van der Waals surface area contributed by atoms with E-state index >= 15 is 0 Å². The molecule has 0 spiro atoms. The van der Waals surface area contributed by atoms with E-state index in [1.165, 1.54) is 24.4 Å². The summed E-state index contributed by atoms with van der Waals surface area (Å²) in [6.45, 7) is 7.83. The number of rotatable bonds is 5. The van der Waals surface area contributed by atoms with Crippen molar-refractivity contribution in [2.45, 2.75) is 45.4 Å². The first-order valence-electron chi connectivity index (χ1n) is 9.32. The molecule has 2 aliphatic rings. The van der Waals surface area contributed by atoms with Crippen LogP contribution < -0.4 is 10.2 Å². The number of hydrogen-bond donors (Lipinski definition) is 1.